The van der Waals surface area contributed by atoms with Gasteiger partial charge in [-0.05, 0) is 53.6 Å². The number of nitrogens with one attached hydrogen (secondary N) is 1. The lowest BCUT2D eigenvalue weighted by atomic mass is 10.0. The Morgan fingerprint density at radius 2 is 2.10 bits per heavy atom. The molecule has 0 radical (unpaired) electrons. The molecule has 29 heavy (non-hydrogen) atoms. The van der Waals surface area contributed by atoms with Gasteiger partial charge in [0.1, 0.15) is 5.75 Å². The maximum absolute atomic E-state index is 12.1. The van der Waals surface area contributed by atoms with Gasteiger partial charge in [-0.25, -0.2) is 4.79 Å². The molecular formula is C20H22ClN5O3. The second-order valence-corrected chi connectivity index (χ2v) is 7.08. The molecule has 0 aliphatic rings. The maximum atomic E-state index is 12.1. The molecule has 1 aromatic heterocycles. The maximum Gasteiger partial charge on any atom is 0.412 e. The number of tetrazole rings is 1. The SMILES string of the molecule is CCc1nnnn1-c1cc(OC(=O)NC(C)CO)cc(-c2ccc(C)cc2Cl)c1. The molecule has 0 saturated heterocycles. The first-order valence-corrected chi connectivity index (χ1v) is 9.57. The van der Waals surface area contributed by atoms with Crippen LogP contribution >= 0.6 is 11.6 Å². The van der Waals surface area contributed by atoms with Gasteiger partial charge in [-0.3, -0.25) is 0 Å². The molecule has 0 bridgehead atoms. The van der Waals surface area contributed by atoms with Crippen LogP contribution in [0.5, 0.6) is 5.75 Å². The number of nitrogens with zero attached hydrogens (tertiary/aromatic N) is 4. The number of rotatable bonds is 6. The van der Waals surface area contributed by atoms with Gasteiger partial charge in [0.2, 0.25) is 0 Å². The molecule has 2 N–H and O–H groups in total. The van der Waals surface area contributed by atoms with Gasteiger partial charge in [0.05, 0.1) is 18.3 Å². The van der Waals surface area contributed by atoms with Gasteiger partial charge in [-0.2, -0.15) is 4.68 Å². The number of aryl methyl sites for hydroxylation is 2. The van der Waals surface area contributed by atoms with Crippen LogP contribution in [0.4, 0.5) is 4.79 Å². The summed E-state index contributed by atoms with van der Waals surface area (Å²) >= 11 is 6.45. The van der Waals surface area contributed by atoms with Crippen LogP contribution in [-0.4, -0.2) is 44.1 Å². The van der Waals surface area contributed by atoms with E-state index in [2.05, 4.69) is 20.8 Å². The van der Waals surface area contributed by atoms with Crippen molar-refractivity contribution in [3.05, 3.63) is 52.8 Å². The Balaban J connectivity index is 2.06. The standard InChI is InChI=1S/C20H22ClN5O3/c1-4-19-23-24-25-26(19)15-8-14(17-6-5-12(2)7-18(17)21)9-16(10-15)29-20(28)22-13(3)11-27/h5-10,13,27H,4,11H2,1-3H3,(H,22,28). The van der Waals surface area contributed by atoms with Gasteiger partial charge in [0, 0.05) is 23.1 Å². The van der Waals surface area contributed by atoms with E-state index in [-0.39, 0.29) is 6.61 Å². The highest BCUT2D eigenvalue weighted by Crippen LogP contribution is 2.33. The summed E-state index contributed by atoms with van der Waals surface area (Å²) in [5, 5.41) is 24.0. The molecule has 0 saturated carbocycles. The van der Waals surface area contributed by atoms with Crippen molar-refractivity contribution in [3.8, 4) is 22.6 Å². The highest BCUT2D eigenvalue weighted by Gasteiger charge is 2.15. The molecule has 1 amide bonds. The Hall–Kier alpha value is -2.97. The number of ether oxygens (including phenoxy) is 1. The molecule has 0 aliphatic carbocycles. The monoisotopic (exact) mass is 415 g/mol. The lowest BCUT2D eigenvalue weighted by molar-refractivity contribution is 0.186. The van der Waals surface area contributed by atoms with E-state index in [1.54, 1.807) is 23.7 Å². The second-order valence-electron chi connectivity index (χ2n) is 6.68. The number of aliphatic hydroxyl groups excluding tert-OH is 1. The van der Waals surface area contributed by atoms with Crippen molar-refractivity contribution in [2.24, 2.45) is 0 Å². The zero-order valence-corrected chi connectivity index (χ0v) is 17.1. The molecular weight excluding hydrogens is 394 g/mol. The van der Waals surface area contributed by atoms with E-state index >= 15 is 0 Å². The molecule has 9 heteroatoms. The molecule has 1 unspecified atom stereocenters. The van der Waals surface area contributed by atoms with Crippen molar-refractivity contribution in [2.45, 2.75) is 33.2 Å². The Kier molecular flexibility index (Phi) is 6.46. The lowest BCUT2D eigenvalue weighted by Crippen LogP contribution is -2.37. The van der Waals surface area contributed by atoms with E-state index in [0.29, 0.717) is 28.7 Å². The fraction of sp³-hybridized carbons (Fsp3) is 0.300. The summed E-state index contributed by atoms with van der Waals surface area (Å²) in [6.07, 6.45) is -0.0372. The average Bonchev–Trinajstić information content (AvgIpc) is 3.16. The van der Waals surface area contributed by atoms with Crippen LogP contribution in [0.3, 0.4) is 0 Å². The zero-order chi connectivity index (χ0) is 21.0. The fourth-order valence-electron chi connectivity index (χ4n) is 2.78. The van der Waals surface area contributed by atoms with Crippen LogP contribution in [0.2, 0.25) is 5.02 Å². The minimum Gasteiger partial charge on any atom is -0.410 e. The van der Waals surface area contributed by atoms with Crippen LogP contribution in [0.25, 0.3) is 16.8 Å². The third kappa shape index (κ3) is 4.90. The minimum absolute atomic E-state index is 0.191. The predicted molar refractivity (Wildman–Crippen MR) is 109 cm³/mol. The first-order valence-electron chi connectivity index (χ1n) is 9.19. The number of carbonyl (C=O) groups excluding carboxylic acids is 1. The van der Waals surface area contributed by atoms with Crippen LogP contribution in [0.15, 0.2) is 36.4 Å². The van der Waals surface area contributed by atoms with Crippen molar-refractivity contribution in [2.75, 3.05) is 6.61 Å². The van der Waals surface area contributed by atoms with Crippen LogP contribution < -0.4 is 10.1 Å². The second kappa shape index (κ2) is 9.02. The molecule has 1 atom stereocenters. The van der Waals surface area contributed by atoms with Crippen molar-refractivity contribution in [3.63, 3.8) is 0 Å². The van der Waals surface area contributed by atoms with Crippen molar-refractivity contribution in [1.82, 2.24) is 25.5 Å². The molecule has 0 spiro atoms. The Labute approximate surface area is 173 Å². The van der Waals surface area contributed by atoms with Crippen molar-refractivity contribution in [1.29, 1.82) is 0 Å². The number of halogens is 1. The Morgan fingerprint density at radius 1 is 1.31 bits per heavy atom. The normalized spacial score (nSPS) is 11.9. The third-order valence-corrected chi connectivity index (χ3v) is 4.58. The molecule has 2 aromatic carbocycles. The lowest BCUT2D eigenvalue weighted by Gasteiger charge is -2.14. The van der Waals surface area contributed by atoms with E-state index in [4.69, 9.17) is 21.4 Å². The highest BCUT2D eigenvalue weighted by atomic mass is 35.5. The van der Waals surface area contributed by atoms with Gasteiger partial charge < -0.3 is 15.2 Å². The van der Waals surface area contributed by atoms with Gasteiger partial charge in [-0.15, -0.1) is 5.10 Å². The van der Waals surface area contributed by atoms with E-state index in [9.17, 15) is 4.79 Å². The van der Waals surface area contributed by atoms with Crippen LogP contribution in [0.1, 0.15) is 25.2 Å². The number of aromatic nitrogens is 4. The topological polar surface area (TPSA) is 102 Å². The smallest absolute Gasteiger partial charge is 0.410 e. The molecule has 3 rings (SSSR count). The fourth-order valence-corrected chi connectivity index (χ4v) is 3.13. The van der Waals surface area contributed by atoms with Crippen LogP contribution in [0, 0.1) is 6.92 Å². The predicted octanol–water partition coefficient (Wildman–Crippen LogP) is 3.32. The number of amides is 1. The van der Waals surface area contributed by atoms with E-state index in [1.165, 1.54) is 0 Å². The summed E-state index contributed by atoms with van der Waals surface area (Å²) in [7, 11) is 0. The molecule has 0 fully saturated rings. The van der Waals surface area contributed by atoms with E-state index in [1.807, 2.05) is 38.1 Å². The summed E-state index contributed by atoms with van der Waals surface area (Å²) in [6, 6.07) is 10.6. The largest absolute Gasteiger partial charge is 0.412 e. The van der Waals surface area contributed by atoms with Crippen molar-refractivity contribution < 1.29 is 14.6 Å². The number of hydrogen-bond donors (Lipinski definition) is 2. The molecule has 3 aromatic rings. The number of aliphatic hydroxyl groups is 1. The minimum atomic E-state index is -0.669. The zero-order valence-electron chi connectivity index (χ0n) is 16.4. The van der Waals surface area contributed by atoms with E-state index in [0.717, 1.165) is 16.7 Å². The summed E-state index contributed by atoms with van der Waals surface area (Å²) in [6.45, 7) is 5.39. The quantitative estimate of drug-likeness (QED) is 0.640. The van der Waals surface area contributed by atoms with Gasteiger partial charge >= 0.3 is 6.09 Å². The average molecular weight is 416 g/mol. The molecule has 1 heterocycles. The first kappa shape index (κ1) is 20.8. The van der Waals surface area contributed by atoms with Crippen LogP contribution in [-0.2, 0) is 6.42 Å². The molecule has 152 valence electrons. The van der Waals surface area contributed by atoms with Gasteiger partial charge in [-0.1, -0.05) is 30.7 Å². The third-order valence-electron chi connectivity index (χ3n) is 4.27. The summed E-state index contributed by atoms with van der Waals surface area (Å²) in [5.41, 5.74) is 3.22. The summed E-state index contributed by atoms with van der Waals surface area (Å²) in [5.74, 6) is 0.968. The highest BCUT2D eigenvalue weighted by molar-refractivity contribution is 6.33. The Bertz CT molecular complexity index is 1020. The molecule has 0 aliphatic heterocycles. The first-order chi connectivity index (χ1) is 13.9. The van der Waals surface area contributed by atoms with Crippen molar-refractivity contribution >= 4 is 17.7 Å². The summed E-state index contributed by atoms with van der Waals surface area (Å²) in [4.78, 5) is 12.1. The van der Waals surface area contributed by atoms with Gasteiger partial charge in [0.15, 0.2) is 5.82 Å². The molecule has 8 nitrogen and oxygen atoms in total. The number of benzene rings is 2. The summed E-state index contributed by atoms with van der Waals surface area (Å²) < 4.78 is 7.03. The Morgan fingerprint density at radius 3 is 2.79 bits per heavy atom. The van der Waals surface area contributed by atoms with E-state index < -0.39 is 12.1 Å². The number of hydrogen-bond acceptors (Lipinski definition) is 6. The number of carbonyl (C=O) groups is 1. The van der Waals surface area contributed by atoms with Gasteiger partial charge in [0.25, 0.3) is 0 Å².